The van der Waals surface area contributed by atoms with E-state index in [2.05, 4.69) is 15.7 Å². The number of carbonyl (C=O) groups excluding carboxylic acids is 3. The summed E-state index contributed by atoms with van der Waals surface area (Å²) in [6, 6.07) is 6.61. The van der Waals surface area contributed by atoms with Gasteiger partial charge < -0.3 is 16.0 Å². The molecule has 1 aromatic heterocycles. The first-order valence-corrected chi connectivity index (χ1v) is 9.48. The van der Waals surface area contributed by atoms with Crippen molar-refractivity contribution in [3.05, 3.63) is 35.0 Å². The average Bonchev–Trinajstić information content (AvgIpc) is 3.04. The molecule has 0 spiro atoms. The van der Waals surface area contributed by atoms with Crippen LogP contribution in [0.1, 0.15) is 29.8 Å². The molecule has 1 aliphatic rings. The lowest BCUT2D eigenvalue weighted by molar-refractivity contribution is -0.132. The first-order chi connectivity index (χ1) is 13.2. The Balaban J connectivity index is 1.70. The summed E-state index contributed by atoms with van der Waals surface area (Å²) in [5.41, 5.74) is 9.45. The largest absolute Gasteiger partial charge is 0.369 e. The van der Waals surface area contributed by atoms with Crippen LogP contribution in [-0.2, 0) is 9.59 Å². The van der Waals surface area contributed by atoms with Crippen LogP contribution >= 0.6 is 11.6 Å². The number of hydrogen-bond donors (Lipinski definition) is 4. The minimum atomic E-state index is -0.602. The normalized spacial score (nSPS) is 22.2. The van der Waals surface area contributed by atoms with Gasteiger partial charge in [0.2, 0.25) is 11.8 Å². The number of amides is 3. The number of nitrogens with two attached hydrogens (primary N) is 1. The Labute approximate surface area is 167 Å². The molecular weight excluding hydrogens is 382 g/mol. The molecule has 1 saturated carbocycles. The van der Waals surface area contributed by atoms with Crippen LogP contribution in [0.4, 0.5) is 0 Å². The Morgan fingerprint density at radius 1 is 1.21 bits per heavy atom. The van der Waals surface area contributed by atoms with Crippen LogP contribution in [0.2, 0.25) is 5.02 Å². The fourth-order valence-electron chi connectivity index (χ4n) is 3.68. The van der Waals surface area contributed by atoms with Crippen molar-refractivity contribution in [2.45, 2.75) is 25.3 Å². The summed E-state index contributed by atoms with van der Waals surface area (Å²) in [4.78, 5) is 39.9. The molecule has 3 unspecified atom stereocenters. The molecule has 1 aromatic carbocycles. The molecule has 1 heterocycles. The van der Waals surface area contributed by atoms with Gasteiger partial charge in [-0.15, -0.1) is 0 Å². The maximum atomic E-state index is 12.7. The fourth-order valence-corrected chi connectivity index (χ4v) is 3.86. The Hall–Kier alpha value is -2.58. The second-order valence-corrected chi connectivity index (χ2v) is 7.82. The van der Waals surface area contributed by atoms with Crippen LogP contribution in [0.25, 0.3) is 10.9 Å². The molecule has 3 amide bonds. The Kier molecular flexibility index (Phi) is 5.90. The number of hydrogen-bond acceptors (Lipinski definition) is 4. The van der Waals surface area contributed by atoms with Gasteiger partial charge in [0.15, 0.2) is 0 Å². The van der Waals surface area contributed by atoms with Gasteiger partial charge in [-0.05, 0) is 43.5 Å². The third-order valence-corrected chi connectivity index (χ3v) is 5.30. The van der Waals surface area contributed by atoms with Crippen LogP contribution in [0, 0.1) is 11.8 Å². The molecule has 1 aliphatic carbocycles. The van der Waals surface area contributed by atoms with Gasteiger partial charge in [-0.3, -0.25) is 19.8 Å². The Morgan fingerprint density at radius 3 is 2.64 bits per heavy atom. The van der Waals surface area contributed by atoms with Gasteiger partial charge >= 0.3 is 0 Å². The molecule has 150 valence electrons. The van der Waals surface area contributed by atoms with Crippen LogP contribution in [-0.4, -0.2) is 47.9 Å². The number of rotatable bonds is 5. The molecule has 9 heteroatoms. The number of aromatic nitrogens is 1. The average molecular weight is 406 g/mol. The van der Waals surface area contributed by atoms with E-state index in [1.54, 1.807) is 43.4 Å². The summed E-state index contributed by atoms with van der Waals surface area (Å²) in [6.07, 6.45) is 1.37. The zero-order valence-electron chi connectivity index (χ0n) is 15.8. The van der Waals surface area contributed by atoms with E-state index in [1.807, 2.05) is 0 Å². The predicted octanol–water partition coefficient (Wildman–Crippen LogP) is 1.41. The lowest BCUT2D eigenvalue weighted by atomic mass is 9.77. The lowest BCUT2D eigenvalue weighted by Gasteiger charge is -2.34. The number of carbonyl (C=O) groups is 3. The standard InChI is InChI=1S/C19H24ClN5O3/c1-25(2)24-18(27)10-3-5-15(13(8-10)17(21)26)23-19(28)16-9-11-7-12(20)4-6-14(11)22-16/h4,6-7,9-10,13,15,22H,3,5,8H2,1-2H3,(H2,21,26)(H,23,28)(H,24,27). The van der Waals surface area contributed by atoms with Gasteiger partial charge in [0.05, 0.1) is 5.92 Å². The summed E-state index contributed by atoms with van der Waals surface area (Å²) in [5.74, 6) is -1.90. The molecule has 3 rings (SSSR count). The van der Waals surface area contributed by atoms with E-state index in [9.17, 15) is 14.4 Å². The first-order valence-electron chi connectivity index (χ1n) is 9.11. The first kappa shape index (κ1) is 20.2. The second-order valence-electron chi connectivity index (χ2n) is 7.38. The smallest absolute Gasteiger partial charge is 0.267 e. The highest BCUT2D eigenvalue weighted by atomic mass is 35.5. The third kappa shape index (κ3) is 4.45. The van der Waals surface area contributed by atoms with E-state index < -0.39 is 17.9 Å². The van der Waals surface area contributed by atoms with E-state index in [-0.39, 0.29) is 17.7 Å². The molecule has 3 atom stereocenters. The van der Waals surface area contributed by atoms with Crippen LogP contribution < -0.4 is 16.5 Å². The predicted molar refractivity (Wildman–Crippen MR) is 106 cm³/mol. The van der Waals surface area contributed by atoms with Gasteiger partial charge in [-0.2, -0.15) is 0 Å². The number of aromatic amines is 1. The fraction of sp³-hybridized carbons (Fsp3) is 0.421. The topological polar surface area (TPSA) is 120 Å². The van der Waals surface area contributed by atoms with Crippen LogP contribution in [0.3, 0.4) is 0 Å². The highest BCUT2D eigenvalue weighted by Crippen LogP contribution is 2.30. The molecular formula is C19H24ClN5O3. The monoisotopic (exact) mass is 405 g/mol. The van der Waals surface area contributed by atoms with Crippen LogP contribution in [0.5, 0.6) is 0 Å². The summed E-state index contributed by atoms with van der Waals surface area (Å²) < 4.78 is 0. The zero-order valence-corrected chi connectivity index (χ0v) is 16.5. The van der Waals surface area contributed by atoms with Gasteiger partial charge in [0.25, 0.3) is 5.91 Å². The van der Waals surface area contributed by atoms with Crippen molar-refractivity contribution in [2.24, 2.45) is 17.6 Å². The van der Waals surface area contributed by atoms with E-state index in [1.165, 1.54) is 0 Å². The van der Waals surface area contributed by atoms with Crippen molar-refractivity contribution in [1.29, 1.82) is 0 Å². The van der Waals surface area contributed by atoms with E-state index in [0.717, 1.165) is 10.9 Å². The summed E-state index contributed by atoms with van der Waals surface area (Å²) >= 11 is 5.99. The minimum absolute atomic E-state index is 0.145. The molecule has 0 bridgehead atoms. The van der Waals surface area contributed by atoms with Crippen molar-refractivity contribution in [2.75, 3.05) is 14.1 Å². The number of H-pyrrole nitrogens is 1. The molecule has 2 aromatic rings. The highest BCUT2D eigenvalue weighted by Gasteiger charge is 2.38. The molecule has 8 nitrogen and oxygen atoms in total. The Morgan fingerprint density at radius 2 is 1.96 bits per heavy atom. The number of benzene rings is 1. The second kappa shape index (κ2) is 8.20. The van der Waals surface area contributed by atoms with Crippen LogP contribution in [0.15, 0.2) is 24.3 Å². The molecule has 1 fully saturated rings. The van der Waals surface area contributed by atoms with Crippen molar-refractivity contribution in [1.82, 2.24) is 20.7 Å². The quantitative estimate of drug-likeness (QED) is 0.562. The summed E-state index contributed by atoms with van der Waals surface area (Å²) in [7, 11) is 3.45. The molecule has 5 N–H and O–H groups in total. The number of fused-ring (bicyclic) bond motifs is 1. The maximum absolute atomic E-state index is 12.7. The third-order valence-electron chi connectivity index (χ3n) is 5.06. The van der Waals surface area contributed by atoms with E-state index in [0.29, 0.717) is 30.0 Å². The van der Waals surface area contributed by atoms with Crippen molar-refractivity contribution in [3.8, 4) is 0 Å². The van der Waals surface area contributed by atoms with Crippen molar-refractivity contribution in [3.63, 3.8) is 0 Å². The SMILES string of the molecule is CN(C)NC(=O)C1CCC(NC(=O)c2cc3cc(Cl)ccc3[nH]2)C(C(N)=O)C1. The Bertz CT molecular complexity index is 910. The minimum Gasteiger partial charge on any atom is -0.369 e. The highest BCUT2D eigenvalue weighted by molar-refractivity contribution is 6.31. The van der Waals surface area contributed by atoms with E-state index >= 15 is 0 Å². The molecule has 0 saturated heterocycles. The maximum Gasteiger partial charge on any atom is 0.267 e. The van der Waals surface area contributed by atoms with E-state index in [4.69, 9.17) is 17.3 Å². The number of hydrazine groups is 1. The number of primary amides is 1. The van der Waals surface area contributed by atoms with Crippen molar-refractivity contribution < 1.29 is 14.4 Å². The molecule has 28 heavy (non-hydrogen) atoms. The summed E-state index contributed by atoms with van der Waals surface area (Å²) in [6.45, 7) is 0. The number of nitrogens with zero attached hydrogens (tertiary/aromatic N) is 1. The number of halogens is 1. The van der Waals surface area contributed by atoms with Crippen molar-refractivity contribution >= 4 is 40.2 Å². The number of nitrogens with one attached hydrogen (secondary N) is 3. The lowest BCUT2D eigenvalue weighted by Crippen LogP contribution is -2.51. The van der Waals surface area contributed by atoms with Gasteiger partial charge in [0, 0.05) is 42.0 Å². The summed E-state index contributed by atoms with van der Waals surface area (Å²) in [5, 5.41) is 5.88. The van der Waals surface area contributed by atoms with Gasteiger partial charge in [-0.1, -0.05) is 11.6 Å². The zero-order chi connectivity index (χ0) is 20.4. The molecule has 0 aliphatic heterocycles. The van der Waals surface area contributed by atoms with Gasteiger partial charge in [-0.25, -0.2) is 5.01 Å². The molecule has 0 radical (unpaired) electrons. The van der Waals surface area contributed by atoms with Gasteiger partial charge in [0.1, 0.15) is 5.69 Å².